The summed E-state index contributed by atoms with van der Waals surface area (Å²) >= 11 is 0. The lowest BCUT2D eigenvalue weighted by Crippen LogP contribution is -2.31. The largest absolute Gasteiger partial charge is 0.313 e. The summed E-state index contributed by atoms with van der Waals surface area (Å²) in [4.78, 5) is 2.47. The van der Waals surface area contributed by atoms with Crippen molar-refractivity contribution in [3.05, 3.63) is 270 Å². The van der Waals surface area contributed by atoms with Crippen LogP contribution in [0.1, 0.15) is 55.4 Å². The van der Waals surface area contributed by atoms with Crippen molar-refractivity contribution in [1.82, 2.24) is 4.57 Å². The second-order valence-electron chi connectivity index (χ2n) is 18.5. The number of para-hydroxylation sites is 1. The molecule has 0 saturated carbocycles. The number of anilines is 3. The molecule has 0 aliphatic heterocycles. The highest BCUT2D eigenvalue weighted by Gasteiger charge is 2.49. The maximum Gasteiger partial charge on any atom is 0.0720 e. The minimum atomic E-state index is -0.612. The molecule has 2 heteroatoms. The maximum absolute atomic E-state index is 4.53. The van der Waals surface area contributed by atoms with Gasteiger partial charge in [-0.15, -0.1) is 0 Å². The zero-order valence-electron chi connectivity index (χ0n) is 38.2. The fraction of sp³-hybridized carbons (Fsp3) is 0.108. The van der Waals surface area contributed by atoms with Crippen LogP contribution in [0.4, 0.5) is 17.1 Å². The first-order valence-electron chi connectivity index (χ1n) is 23.8. The van der Waals surface area contributed by atoms with E-state index in [1.54, 1.807) is 0 Å². The summed E-state index contributed by atoms with van der Waals surface area (Å²) in [6.07, 6.45) is 16.7. The maximum atomic E-state index is 4.53. The molecule has 0 fully saturated rings. The van der Waals surface area contributed by atoms with Crippen LogP contribution in [-0.4, -0.2) is 4.57 Å². The lowest BCUT2D eigenvalue weighted by Gasteiger charge is -2.38. The van der Waals surface area contributed by atoms with E-state index in [9.17, 15) is 0 Å². The van der Waals surface area contributed by atoms with Gasteiger partial charge in [-0.05, 0) is 142 Å². The summed E-state index contributed by atoms with van der Waals surface area (Å²) in [6, 6.07) is 70.0. The van der Waals surface area contributed by atoms with E-state index in [0.29, 0.717) is 5.92 Å². The summed E-state index contributed by atoms with van der Waals surface area (Å²) < 4.78 is 2.46. The van der Waals surface area contributed by atoms with Crippen molar-refractivity contribution in [1.29, 1.82) is 0 Å². The van der Waals surface area contributed by atoms with Crippen LogP contribution in [0.15, 0.2) is 248 Å². The number of allylic oxidation sites excluding steroid dienone is 11. The zero-order chi connectivity index (χ0) is 45.1. The molecule has 1 heterocycles. The lowest BCUT2D eigenvalue weighted by atomic mass is 9.64. The van der Waals surface area contributed by atoms with Crippen LogP contribution < -0.4 is 4.90 Å². The minimum Gasteiger partial charge on any atom is -0.313 e. The van der Waals surface area contributed by atoms with Crippen molar-refractivity contribution in [2.75, 3.05) is 4.90 Å². The molecular weight excluding hydrogens is 809 g/mol. The van der Waals surface area contributed by atoms with E-state index < -0.39 is 5.41 Å². The normalized spacial score (nSPS) is 16.5. The molecule has 2 nitrogen and oxygen atoms in total. The van der Waals surface area contributed by atoms with E-state index in [2.05, 4.69) is 254 Å². The third-order valence-electron chi connectivity index (χ3n) is 14.6. The van der Waals surface area contributed by atoms with Crippen molar-refractivity contribution in [2.45, 2.75) is 38.5 Å². The highest BCUT2D eigenvalue weighted by Crippen LogP contribution is 2.59. The Morgan fingerprint density at radius 1 is 0.642 bits per heavy atom. The molecule has 322 valence electrons. The van der Waals surface area contributed by atoms with Crippen LogP contribution in [0.3, 0.4) is 0 Å². The highest BCUT2D eigenvalue weighted by atomic mass is 15.1. The lowest BCUT2D eigenvalue weighted by molar-refractivity contribution is 0.688. The Morgan fingerprint density at radius 2 is 1.31 bits per heavy atom. The SMILES string of the molecule is C=CC1=C(C2=C(C)CC(C)C=C2)C(c2ccccc2)(c2ccccc2)c2cc(N(c3ccc(-c4ccc5c(c4)c4ccccc4n5C4=CC=CCC4)cc3)c3cccc4ccccc34)ccc21. The second-order valence-corrected chi connectivity index (χ2v) is 18.5. The molecule has 0 N–H and O–H groups in total. The Morgan fingerprint density at radius 3 is 2.04 bits per heavy atom. The summed E-state index contributed by atoms with van der Waals surface area (Å²) in [7, 11) is 0. The molecule has 0 bridgehead atoms. The Hall–Kier alpha value is -7.94. The smallest absolute Gasteiger partial charge is 0.0720 e. The molecule has 0 saturated heterocycles. The van der Waals surface area contributed by atoms with Gasteiger partial charge in [-0.1, -0.05) is 189 Å². The Kier molecular flexibility index (Phi) is 9.98. The van der Waals surface area contributed by atoms with E-state index in [4.69, 9.17) is 0 Å². The minimum absolute atomic E-state index is 0.488. The van der Waals surface area contributed by atoms with Gasteiger partial charge in [0.25, 0.3) is 0 Å². The summed E-state index contributed by atoms with van der Waals surface area (Å²) in [5.41, 5.74) is 19.1. The van der Waals surface area contributed by atoms with Crippen molar-refractivity contribution in [3.8, 4) is 11.1 Å². The number of aromatic nitrogens is 1. The molecular formula is C65H52N2. The third kappa shape index (κ3) is 6.54. The van der Waals surface area contributed by atoms with Crippen LogP contribution in [0.5, 0.6) is 0 Å². The topological polar surface area (TPSA) is 8.17 Å². The van der Waals surface area contributed by atoms with Gasteiger partial charge in [0.05, 0.1) is 22.1 Å². The number of nitrogens with zero attached hydrogens (tertiary/aromatic N) is 2. The van der Waals surface area contributed by atoms with E-state index in [0.717, 1.165) is 36.3 Å². The van der Waals surface area contributed by atoms with Gasteiger partial charge < -0.3 is 9.47 Å². The molecule has 12 rings (SSSR count). The third-order valence-corrected chi connectivity index (χ3v) is 14.6. The first-order valence-corrected chi connectivity index (χ1v) is 23.8. The van der Waals surface area contributed by atoms with E-state index in [1.165, 1.54) is 93.9 Å². The van der Waals surface area contributed by atoms with Crippen LogP contribution in [-0.2, 0) is 5.41 Å². The molecule has 1 aromatic heterocycles. The predicted molar refractivity (Wildman–Crippen MR) is 285 cm³/mol. The number of benzene rings is 8. The number of hydrogen-bond acceptors (Lipinski definition) is 1. The van der Waals surface area contributed by atoms with Crippen LogP contribution in [0, 0.1) is 5.92 Å². The Labute approximate surface area is 394 Å². The van der Waals surface area contributed by atoms with Gasteiger partial charge in [0.2, 0.25) is 0 Å². The summed E-state index contributed by atoms with van der Waals surface area (Å²) in [5, 5.41) is 4.96. The fourth-order valence-electron chi connectivity index (χ4n) is 11.6. The Bertz CT molecular complexity index is 3530. The second kappa shape index (κ2) is 16.5. The van der Waals surface area contributed by atoms with Crippen LogP contribution in [0.2, 0.25) is 0 Å². The Balaban J connectivity index is 1.05. The predicted octanol–water partition coefficient (Wildman–Crippen LogP) is 17.5. The van der Waals surface area contributed by atoms with Gasteiger partial charge in [0.1, 0.15) is 0 Å². The van der Waals surface area contributed by atoms with Crippen LogP contribution in [0.25, 0.3) is 55.0 Å². The average Bonchev–Trinajstić information content (AvgIpc) is 3.87. The monoisotopic (exact) mass is 860 g/mol. The molecule has 3 aliphatic rings. The van der Waals surface area contributed by atoms with Gasteiger partial charge in [-0.2, -0.15) is 0 Å². The molecule has 9 aromatic rings. The zero-order valence-corrected chi connectivity index (χ0v) is 38.2. The van der Waals surface area contributed by atoms with Crippen LogP contribution >= 0.6 is 0 Å². The van der Waals surface area contributed by atoms with Crippen molar-refractivity contribution in [3.63, 3.8) is 0 Å². The van der Waals surface area contributed by atoms with Gasteiger partial charge in [0.15, 0.2) is 0 Å². The standard InChI is InChI=1S/C65H52N2/c1-4-54-57-39-37-53(43-60(57)65(49-21-8-5-9-22-49,50-23-10-6-11-24-50)64(54)55-38-31-44(2)41-45(55)3)66(61-30-18-20-47-19-14-15-27-56(47)61)52-35-32-46(33-36-52)48-34-40-63-59(42-48)58-28-16-17-29-62(58)67(63)51-25-12-7-13-26-51/h4-12,14-25,27-40,42-44H,1,13,26,41H2,2-3H3. The van der Waals surface area contributed by atoms with Gasteiger partial charge in [-0.25, -0.2) is 0 Å². The van der Waals surface area contributed by atoms with E-state index in [1.807, 2.05) is 0 Å². The molecule has 1 unspecified atom stereocenters. The molecule has 0 radical (unpaired) electrons. The molecule has 67 heavy (non-hydrogen) atoms. The van der Waals surface area contributed by atoms with E-state index >= 15 is 0 Å². The number of fused-ring (bicyclic) bond motifs is 5. The van der Waals surface area contributed by atoms with Crippen molar-refractivity contribution < 1.29 is 0 Å². The quantitative estimate of drug-likeness (QED) is 0.140. The van der Waals surface area contributed by atoms with Gasteiger partial charge in [-0.3, -0.25) is 0 Å². The first kappa shape index (κ1) is 40.6. The van der Waals surface area contributed by atoms with E-state index in [-0.39, 0.29) is 0 Å². The molecule has 8 aromatic carbocycles. The average molecular weight is 861 g/mol. The molecule has 0 amide bonds. The first-order chi connectivity index (χ1) is 33.0. The fourth-order valence-corrected chi connectivity index (χ4v) is 11.6. The number of hydrogen-bond donors (Lipinski definition) is 0. The van der Waals surface area contributed by atoms with Gasteiger partial charge in [0, 0.05) is 33.2 Å². The van der Waals surface area contributed by atoms with Gasteiger partial charge >= 0.3 is 0 Å². The molecule has 1 atom stereocenters. The molecule has 0 spiro atoms. The summed E-state index contributed by atoms with van der Waals surface area (Å²) in [5.74, 6) is 0.488. The summed E-state index contributed by atoms with van der Waals surface area (Å²) in [6.45, 7) is 9.18. The van der Waals surface area contributed by atoms with Crippen molar-refractivity contribution in [2.24, 2.45) is 5.92 Å². The molecule has 3 aliphatic carbocycles. The van der Waals surface area contributed by atoms with Crippen molar-refractivity contribution >= 4 is 60.9 Å². The number of rotatable bonds is 9. The highest BCUT2D eigenvalue weighted by molar-refractivity contribution is 6.11.